The van der Waals surface area contributed by atoms with E-state index in [9.17, 15) is 10.1 Å². The number of nitro groups is 1. The molecule has 0 bridgehead atoms. The van der Waals surface area contributed by atoms with Crippen molar-refractivity contribution in [2.24, 2.45) is 11.8 Å². The SMILES string of the molecule is CC1(C)CNC2C3C=C([N+](=O)[O-])C=CC3C2O1. The zero-order valence-electron chi connectivity index (χ0n) is 9.92. The van der Waals surface area contributed by atoms with E-state index in [1.54, 1.807) is 12.2 Å². The number of rotatable bonds is 1. The van der Waals surface area contributed by atoms with Crippen LogP contribution in [0.1, 0.15) is 13.8 Å². The first kappa shape index (κ1) is 10.9. The third-order valence-corrected chi connectivity index (χ3v) is 3.87. The smallest absolute Gasteiger partial charge is 0.265 e. The molecule has 1 heterocycles. The van der Waals surface area contributed by atoms with Crippen LogP contribution in [0.4, 0.5) is 0 Å². The van der Waals surface area contributed by atoms with Gasteiger partial charge < -0.3 is 10.1 Å². The maximum absolute atomic E-state index is 10.7. The van der Waals surface area contributed by atoms with E-state index in [0.717, 1.165) is 6.54 Å². The Balaban J connectivity index is 1.79. The first-order valence-electron chi connectivity index (χ1n) is 5.94. The number of nitrogens with zero attached hydrogens (tertiary/aromatic N) is 1. The highest BCUT2D eigenvalue weighted by molar-refractivity contribution is 5.29. The largest absolute Gasteiger partial charge is 0.369 e. The molecule has 5 nitrogen and oxygen atoms in total. The van der Waals surface area contributed by atoms with Crippen LogP contribution in [0.3, 0.4) is 0 Å². The summed E-state index contributed by atoms with van der Waals surface area (Å²) in [5.41, 5.74) is 0.0592. The zero-order chi connectivity index (χ0) is 12.2. The Labute approximate surface area is 99.7 Å². The molecular formula is C12H16N2O3. The Kier molecular flexibility index (Phi) is 2.18. The summed E-state index contributed by atoms with van der Waals surface area (Å²) in [6.07, 6.45) is 5.44. The quantitative estimate of drug-likeness (QED) is 0.547. The minimum absolute atomic E-state index is 0.146. The minimum Gasteiger partial charge on any atom is -0.369 e. The Morgan fingerprint density at radius 3 is 3.00 bits per heavy atom. The van der Waals surface area contributed by atoms with E-state index in [-0.39, 0.29) is 40.2 Å². The van der Waals surface area contributed by atoms with E-state index < -0.39 is 0 Å². The van der Waals surface area contributed by atoms with Crippen molar-refractivity contribution < 1.29 is 9.66 Å². The van der Waals surface area contributed by atoms with Gasteiger partial charge in [-0.3, -0.25) is 10.1 Å². The summed E-state index contributed by atoms with van der Waals surface area (Å²) < 4.78 is 6.03. The van der Waals surface area contributed by atoms with Crippen molar-refractivity contribution in [2.45, 2.75) is 31.6 Å². The Morgan fingerprint density at radius 2 is 2.29 bits per heavy atom. The normalized spacial score (nSPS) is 41.9. The van der Waals surface area contributed by atoms with Crippen molar-refractivity contribution in [3.63, 3.8) is 0 Å². The van der Waals surface area contributed by atoms with Crippen LogP contribution >= 0.6 is 0 Å². The summed E-state index contributed by atoms with van der Waals surface area (Å²) in [5, 5.41) is 14.2. The van der Waals surface area contributed by atoms with Gasteiger partial charge in [-0.25, -0.2) is 0 Å². The molecule has 1 aliphatic heterocycles. The number of fused-ring (bicyclic) bond motifs is 4. The van der Waals surface area contributed by atoms with Crippen LogP contribution in [0.15, 0.2) is 23.9 Å². The first-order valence-corrected chi connectivity index (χ1v) is 5.94. The minimum atomic E-state index is -0.326. The lowest BCUT2D eigenvalue weighted by molar-refractivity contribution is -0.420. The number of ether oxygens (including phenoxy) is 1. The van der Waals surface area contributed by atoms with Crippen molar-refractivity contribution in [2.75, 3.05) is 6.54 Å². The Hall–Kier alpha value is -1.20. The van der Waals surface area contributed by atoms with E-state index in [4.69, 9.17) is 4.74 Å². The molecule has 0 aromatic rings. The van der Waals surface area contributed by atoms with Crippen LogP contribution in [0, 0.1) is 22.0 Å². The van der Waals surface area contributed by atoms with Crippen LogP contribution < -0.4 is 5.32 Å². The predicted molar refractivity (Wildman–Crippen MR) is 61.9 cm³/mol. The standard InChI is InChI=1S/C12H16N2O3/c1-12(2)6-13-10-9-5-7(14(15)16)3-4-8(9)11(10)17-12/h3-5,8-11,13H,6H2,1-2H3. The van der Waals surface area contributed by atoms with Gasteiger partial charge in [-0.1, -0.05) is 6.08 Å². The lowest BCUT2D eigenvalue weighted by atomic mass is 9.63. The number of allylic oxidation sites excluding steroid dienone is 1. The average molecular weight is 236 g/mol. The summed E-state index contributed by atoms with van der Waals surface area (Å²) in [6.45, 7) is 4.92. The molecule has 92 valence electrons. The van der Waals surface area contributed by atoms with Gasteiger partial charge in [0.1, 0.15) is 0 Å². The molecule has 1 saturated carbocycles. The Bertz CT molecular complexity index is 427. The van der Waals surface area contributed by atoms with Gasteiger partial charge in [0.25, 0.3) is 5.70 Å². The van der Waals surface area contributed by atoms with Crippen LogP contribution in [-0.2, 0) is 4.74 Å². The van der Waals surface area contributed by atoms with Gasteiger partial charge in [-0.2, -0.15) is 0 Å². The van der Waals surface area contributed by atoms with Crippen LogP contribution in [0.5, 0.6) is 0 Å². The van der Waals surface area contributed by atoms with Crippen molar-refractivity contribution in [3.05, 3.63) is 34.0 Å². The first-order chi connectivity index (χ1) is 7.98. The van der Waals surface area contributed by atoms with Gasteiger partial charge in [0.15, 0.2) is 0 Å². The monoisotopic (exact) mass is 236 g/mol. The molecule has 0 aromatic carbocycles. The molecule has 4 atom stereocenters. The molecule has 3 rings (SSSR count). The lowest BCUT2D eigenvalue weighted by Crippen LogP contribution is -2.70. The molecule has 1 N–H and O–H groups in total. The molecule has 2 fully saturated rings. The molecule has 4 unspecified atom stereocenters. The maximum atomic E-state index is 10.7. The topological polar surface area (TPSA) is 64.4 Å². The van der Waals surface area contributed by atoms with E-state index in [1.165, 1.54) is 0 Å². The summed E-state index contributed by atoms with van der Waals surface area (Å²) >= 11 is 0. The molecule has 0 spiro atoms. The summed E-state index contributed by atoms with van der Waals surface area (Å²) in [5.74, 6) is 0.497. The van der Waals surface area contributed by atoms with E-state index in [1.807, 2.05) is 6.08 Å². The van der Waals surface area contributed by atoms with Crippen LogP contribution in [0.2, 0.25) is 0 Å². The van der Waals surface area contributed by atoms with Crippen molar-refractivity contribution in [1.82, 2.24) is 5.32 Å². The van der Waals surface area contributed by atoms with Crippen LogP contribution in [0.25, 0.3) is 0 Å². The third kappa shape index (κ3) is 1.61. The van der Waals surface area contributed by atoms with E-state index in [0.29, 0.717) is 0 Å². The molecule has 0 radical (unpaired) electrons. The molecule has 2 aliphatic carbocycles. The lowest BCUT2D eigenvalue weighted by Gasteiger charge is -2.56. The van der Waals surface area contributed by atoms with Gasteiger partial charge in [0.2, 0.25) is 0 Å². The number of hydrogen-bond acceptors (Lipinski definition) is 4. The summed E-state index contributed by atoms with van der Waals surface area (Å²) in [4.78, 5) is 10.4. The fraction of sp³-hybridized carbons (Fsp3) is 0.667. The predicted octanol–water partition coefficient (Wildman–Crippen LogP) is 1.10. The van der Waals surface area contributed by atoms with Gasteiger partial charge in [-0.05, 0) is 19.9 Å². The van der Waals surface area contributed by atoms with Gasteiger partial charge in [0, 0.05) is 30.5 Å². The van der Waals surface area contributed by atoms with Gasteiger partial charge >= 0.3 is 0 Å². The molecule has 0 amide bonds. The zero-order valence-corrected chi connectivity index (χ0v) is 9.92. The average Bonchev–Trinajstić information content (AvgIpc) is 2.25. The number of hydrogen-bond donors (Lipinski definition) is 1. The van der Waals surface area contributed by atoms with Crippen molar-refractivity contribution >= 4 is 0 Å². The second kappa shape index (κ2) is 3.40. The fourth-order valence-corrected chi connectivity index (χ4v) is 2.99. The fourth-order valence-electron chi connectivity index (χ4n) is 2.99. The summed E-state index contributed by atoms with van der Waals surface area (Å²) in [6, 6.07) is 0.230. The molecule has 0 aromatic heterocycles. The van der Waals surface area contributed by atoms with E-state index in [2.05, 4.69) is 19.2 Å². The maximum Gasteiger partial charge on any atom is 0.265 e. The molecule has 5 heteroatoms. The van der Waals surface area contributed by atoms with Gasteiger partial charge in [0.05, 0.1) is 16.6 Å². The second-order valence-electron chi connectivity index (χ2n) is 5.61. The molecule has 3 aliphatic rings. The highest BCUT2D eigenvalue weighted by Crippen LogP contribution is 2.45. The third-order valence-electron chi connectivity index (χ3n) is 3.87. The number of nitrogens with one attached hydrogen (secondary N) is 1. The Morgan fingerprint density at radius 1 is 1.53 bits per heavy atom. The highest BCUT2D eigenvalue weighted by Gasteiger charge is 2.54. The van der Waals surface area contributed by atoms with E-state index >= 15 is 0 Å². The molecular weight excluding hydrogens is 220 g/mol. The van der Waals surface area contributed by atoms with Gasteiger partial charge in [-0.15, -0.1) is 0 Å². The highest BCUT2D eigenvalue weighted by atomic mass is 16.6. The molecule has 17 heavy (non-hydrogen) atoms. The van der Waals surface area contributed by atoms with Crippen molar-refractivity contribution in [3.8, 4) is 0 Å². The molecule has 1 saturated heterocycles. The number of morpholine rings is 1. The summed E-state index contributed by atoms with van der Waals surface area (Å²) in [7, 11) is 0. The second-order valence-corrected chi connectivity index (χ2v) is 5.61. The van der Waals surface area contributed by atoms with Crippen molar-refractivity contribution in [1.29, 1.82) is 0 Å². The van der Waals surface area contributed by atoms with Crippen LogP contribution in [-0.4, -0.2) is 29.2 Å².